The Labute approximate surface area is 204 Å². The largest absolute Gasteiger partial charge is 0.508 e. The molecule has 0 spiro atoms. The maximum Gasteiger partial charge on any atom is 0.416 e. The van der Waals surface area contributed by atoms with Crippen LogP contribution in [0, 0.1) is 13.8 Å². The molecule has 6 nitrogen and oxygen atoms in total. The minimum Gasteiger partial charge on any atom is -0.508 e. The van der Waals surface area contributed by atoms with Crippen molar-refractivity contribution in [3.63, 3.8) is 0 Å². The smallest absolute Gasteiger partial charge is 0.416 e. The molecule has 2 N–H and O–H groups in total. The highest BCUT2D eigenvalue weighted by Crippen LogP contribution is 2.43. The van der Waals surface area contributed by atoms with Gasteiger partial charge in [0.25, 0.3) is 11.7 Å². The van der Waals surface area contributed by atoms with E-state index in [0.717, 1.165) is 29.2 Å². The number of amides is 1. The Kier molecular flexibility index (Phi) is 6.26. The Bertz CT molecular complexity index is 1380. The van der Waals surface area contributed by atoms with Crippen molar-refractivity contribution in [1.82, 2.24) is 0 Å². The number of ketones is 1. The average Bonchev–Trinajstić information content (AvgIpc) is 3.10. The number of carbonyl (C=O) groups excluding carboxylic acids is 2. The van der Waals surface area contributed by atoms with Crippen LogP contribution in [0.4, 0.5) is 18.9 Å². The molecule has 0 saturated carbocycles. The van der Waals surface area contributed by atoms with Gasteiger partial charge in [0.05, 0.1) is 24.3 Å². The van der Waals surface area contributed by atoms with Crippen LogP contribution in [0.1, 0.15) is 33.9 Å². The number of carbonyl (C=O) groups is 2. The molecule has 1 aliphatic rings. The third kappa shape index (κ3) is 4.28. The van der Waals surface area contributed by atoms with E-state index in [1.54, 1.807) is 26.0 Å². The van der Waals surface area contributed by atoms with Gasteiger partial charge in [-0.1, -0.05) is 12.1 Å². The van der Waals surface area contributed by atoms with Gasteiger partial charge < -0.3 is 14.9 Å². The molecule has 1 unspecified atom stereocenters. The summed E-state index contributed by atoms with van der Waals surface area (Å²) in [6.07, 6.45) is -4.58. The Balaban J connectivity index is 1.93. The quantitative estimate of drug-likeness (QED) is 0.276. The number of rotatable bonds is 4. The van der Waals surface area contributed by atoms with Crippen molar-refractivity contribution in [2.24, 2.45) is 0 Å². The number of benzene rings is 3. The molecular formula is C27H22F3NO5. The number of aromatic hydroxyl groups is 1. The van der Waals surface area contributed by atoms with Crippen LogP contribution in [0.5, 0.6) is 11.5 Å². The maximum absolute atomic E-state index is 13.2. The molecule has 0 aliphatic carbocycles. The number of nitrogens with zero attached hydrogens (tertiary/aromatic N) is 1. The van der Waals surface area contributed by atoms with Crippen molar-refractivity contribution in [3.8, 4) is 11.5 Å². The van der Waals surface area contributed by atoms with Gasteiger partial charge in [-0.2, -0.15) is 13.2 Å². The molecule has 1 heterocycles. The fraction of sp³-hybridized carbons (Fsp3) is 0.185. The number of alkyl halides is 3. The monoisotopic (exact) mass is 497 g/mol. The first kappa shape index (κ1) is 24.8. The van der Waals surface area contributed by atoms with Crippen molar-refractivity contribution in [2.45, 2.75) is 26.1 Å². The van der Waals surface area contributed by atoms with E-state index in [0.29, 0.717) is 28.0 Å². The van der Waals surface area contributed by atoms with Crippen LogP contribution in [0.3, 0.4) is 0 Å². The number of anilines is 1. The van der Waals surface area contributed by atoms with Crippen LogP contribution in [-0.2, 0) is 15.8 Å². The molecule has 186 valence electrons. The maximum atomic E-state index is 13.2. The predicted molar refractivity (Wildman–Crippen MR) is 127 cm³/mol. The molecule has 1 atom stereocenters. The highest BCUT2D eigenvalue weighted by molar-refractivity contribution is 6.51. The van der Waals surface area contributed by atoms with Gasteiger partial charge in [0.2, 0.25) is 0 Å². The van der Waals surface area contributed by atoms with E-state index >= 15 is 0 Å². The number of aryl methyl sites for hydroxylation is 2. The first-order valence-electron chi connectivity index (χ1n) is 10.9. The lowest BCUT2D eigenvalue weighted by Gasteiger charge is -2.26. The molecule has 1 fully saturated rings. The summed E-state index contributed by atoms with van der Waals surface area (Å²) in [5.41, 5.74) is 0.859. The lowest BCUT2D eigenvalue weighted by Crippen LogP contribution is -2.29. The van der Waals surface area contributed by atoms with Crippen molar-refractivity contribution in [2.75, 3.05) is 12.0 Å². The topological polar surface area (TPSA) is 87.1 Å². The van der Waals surface area contributed by atoms with E-state index in [-0.39, 0.29) is 17.0 Å². The second kappa shape index (κ2) is 9.07. The molecule has 4 rings (SSSR count). The second-order valence-corrected chi connectivity index (χ2v) is 8.44. The fourth-order valence-electron chi connectivity index (χ4n) is 4.29. The lowest BCUT2D eigenvalue weighted by atomic mass is 9.93. The van der Waals surface area contributed by atoms with E-state index in [9.17, 15) is 33.0 Å². The highest BCUT2D eigenvalue weighted by Gasteiger charge is 2.47. The zero-order valence-corrected chi connectivity index (χ0v) is 19.6. The van der Waals surface area contributed by atoms with Gasteiger partial charge in [-0.25, -0.2) is 0 Å². The molecule has 36 heavy (non-hydrogen) atoms. The van der Waals surface area contributed by atoms with E-state index < -0.39 is 35.2 Å². The first-order chi connectivity index (χ1) is 16.9. The van der Waals surface area contributed by atoms with Crippen LogP contribution in [0.25, 0.3) is 5.76 Å². The Morgan fingerprint density at radius 3 is 2.11 bits per heavy atom. The number of hydrogen-bond acceptors (Lipinski definition) is 5. The summed E-state index contributed by atoms with van der Waals surface area (Å²) >= 11 is 0. The normalized spacial score (nSPS) is 17.5. The van der Waals surface area contributed by atoms with Gasteiger partial charge in [0.15, 0.2) is 0 Å². The highest BCUT2D eigenvalue weighted by atomic mass is 19.4. The summed E-state index contributed by atoms with van der Waals surface area (Å²) in [6.45, 7) is 3.46. The van der Waals surface area contributed by atoms with E-state index in [2.05, 4.69) is 0 Å². The number of Topliss-reactive ketones (excluding diaryl/α,β-unsaturated/α-hetero) is 1. The van der Waals surface area contributed by atoms with Gasteiger partial charge in [-0.3, -0.25) is 14.5 Å². The van der Waals surface area contributed by atoms with Crippen molar-refractivity contribution < 1.29 is 37.7 Å². The number of halogens is 3. The van der Waals surface area contributed by atoms with Crippen molar-refractivity contribution in [1.29, 1.82) is 0 Å². The average molecular weight is 497 g/mol. The van der Waals surface area contributed by atoms with Gasteiger partial charge in [0, 0.05) is 11.3 Å². The van der Waals surface area contributed by atoms with Crippen LogP contribution >= 0.6 is 0 Å². The Hall–Kier alpha value is -4.27. The first-order valence-corrected chi connectivity index (χ1v) is 10.9. The zero-order valence-electron chi connectivity index (χ0n) is 19.6. The summed E-state index contributed by atoms with van der Waals surface area (Å²) in [5, 5.41) is 21.1. The standard InChI is InChI=1S/C27H22F3NO5/c1-14-13-21(36-3)15(2)12-20(14)24(33)22-23(16-4-10-19(32)11-5-16)31(26(35)25(22)34)18-8-6-17(7-9-18)27(28,29)30/h4-13,23,32-33H,1-3H3/b24-22+. The number of aliphatic hydroxyl groups excluding tert-OH is 1. The number of hydrogen-bond donors (Lipinski definition) is 2. The fourth-order valence-corrected chi connectivity index (χ4v) is 4.29. The molecule has 3 aromatic carbocycles. The second-order valence-electron chi connectivity index (χ2n) is 8.44. The lowest BCUT2D eigenvalue weighted by molar-refractivity contribution is -0.137. The summed E-state index contributed by atoms with van der Waals surface area (Å²) in [7, 11) is 1.50. The summed E-state index contributed by atoms with van der Waals surface area (Å²) in [6, 6.07) is 11.7. The van der Waals surface area contributed by atoms with E-state index in [4.69, 9.17) is 4.74 Å². The number of phenolic OH excluding ortho intramolecular Hbond substituents is 1. The minimum absolute atomic E-state index is 0.0462. The molecule has 0 radical (unpaired) electrons. The van der Waals surface area contributed by atoms with Crippen LogP contribution in [0.2, 0.25) is 0 Å². The molecular weight excluding hydrogens is 475 g/mol. The van der Waals surface area contributed by atoms with Crippen LogP contribution in [0.15, 0.2) is 66.2 Å². The van der Waals surface area contributed by atoms with E-state index in [1.165, 1.54) is 31.4 Å². The van der Waals surface area contributed by atoms with E-state index in [1.807, 2.05) is 0 Å². The summed E-state index contributed by atoms with van der Waals surface area (Å²) in [5.74, 6) is -1.91. The summed E-state index contributed by atoms with van der Waals surface area (Å²) < 4.78 is 44.6. The SMILES string of the molecule is COc1cc(C)c(/C(O)=C2\C(=O)C(=O)N(c3ccc(C(F)(F)F)cc3)C2c2ccc(O)cc2)cc1C. The van der Waals surface area contributed by atoms with Gasteiger partial charge in [-0.15, -0.1) is 0 Å². The van der Waals surface area contributed by atoms with Gasteiger partial charge in [-0.05, 0) is 79.1 Å². The van der Waals surface area contributed by atoms with Gasteiger partial charge in [0.1, 0.15) is 17.3 Å². The van der Waals surface area contributed by atoms with Gasteiger partial charge >= 0.3 is 6.18 Å². The molecule has 9 heteroatoms. The Morgan fingerprint density at radius 1 is 0.944 bits per heavy atom. The molecule has 1 amide bonds. The number of ether oxygens (including phenoxy) is 1. The molecule has 0 bridgehead atoms. The third-order valence-electron chi connectivity index (χ3n) is 6.12. The number of methoxy groups -OCH3 is 1. The van der Waals surface area contributed by atoms with Crippen molar-refractivity contribution in [3.05, 3.63) is 94.1 Å². The van der Waals surface area contributed by atoms with Crippen molar-refractivity contribution >= 4 is 23.1 Å². The molecule has 3 aromatic rings. The molecule has 0 aromatic heterocycles. The van der Waals surface area contributed by atoms with Crippen LogP contribution in [-0.4, -0.2) is 29.0 Å². The minimum atomic E-state index is -4.58. The number of aliphatic hydroxyl groups is 1. The Morgan fingerprint density at radius 2 is 1.56 bits per heavy atom. The zero-order chi connectivity index (χ0) is 26.4. The summed E-state index contributed by atoms with van der Waals surface area (Å²) in [4.78, 5) is 27.5. The molecule has 1 aliphatic heterocycles. The molecule has 1 saturated heterocycles. The number of phenols is 1. The van der Waals surface area contributed by atoms with Crippen LogP contribution < -0.4 is 9.64 Å². The third-order valence-corrected chi connectivity index (χ3v) is 6.12. The predicted octanol–water partition coefficient (Wildman–Crippen LogP) is 5.66.